The van der Waals surface area contributed by atoms with Gasteiger partial charge in [0.2, 0.25) is 0 Å². The summed E-state index contributed by atoms with van der Waals surface area (Å²) in [6.45, 7) is 0.965. The van der Waals surface area contributed by atoms with Crippen LogP contribution in [0.5, 0.6) is 0 Å². The molecule has 28 heavy (non-hydrogen) atoms. The van der Waals surface area contributed by atoms with E-state index in [0.29, 0.717) is 6.10 Å². The number of anilines is 2. The molecule has 2 aromatic carbocycles. The lowest BCUT2D eigenvalue weighted by molar-refractivity contribution is -0.0552. The molecule has 1 unspecified atom stereocenters. The molecule has 0 N–H and O–H groups in total. The van der Waals surface area contributed by atoms with Gasteiger partial charge < -0.3 is 9.64 Å². The molecule has 4 rings (SSSR count). The summed E-state index contributed by atoms with van der Waals surface area (Å²) in [6.07, 6.45) is 13.7. The van der Waals surface area contributed by atoms with Gasteiger partial charge >= 0.3 is 0 Å². The molecule has 2 nitrogen and oxygen atoms in total. The Hall–Kier alpha value is -1.80. The van der Waals surface area contributed by atoms with Crippen molar-refractivity contribution in [3.05, 3.63) is 59.7 Å². The Labute approximate surface area is 170 Å². The van der Waals surface area contributed by atoms with E-state index in [1.807, 2.05) is 0 Å². The second-order valence-corrected chi connectivity index (χ2v) is 8.75. The molecule has 0 amide bonds. The molecule has 0 bridgehead atoms. The topological polar surface area (TPSA) is 12.5 Å². The summed E-state index contributed by atoms with van der Waals surface area (Å²) in [7, 11) is 2.16. The number of hydrogen-bond acceptors (Lipinski definition) is 2. The zero-order valence-corrected chi connectivity index (χ0v) is 17.4. The van der Waals surface area contributed by atoms with Crippen LogP contribution in [0.3, 0.4) is 0 Å². The van der Waals surface area contributed by atoms with Crippen LogP contribution in [-0.2, 0) is 17.6 Å². The highest BCUT2D eigenvalue weighted by atomic mass is 16.5. The molecule has 1 aliphatic carbocycles. The molecule has 0 aromatic heterocycles. The van der Waals surface area contributed by atoms with E-state index in [1.54, 1.807) is 0 Å². The van der Waals surface area contributed by atoms with E-state index < -0.39 is 0 Å². The maximum atomic E-state index is 5.51. The monoisotopic (exact) mass is 377 g/mol. The van der Waals surface area contributed by atoms with Gasteiger partial charge in [-0.1, -0.05) is 49.9 Å². The fraction of sp³-hybridized carbons (Fsp3) is 0.538. The van der Waals surface area contributed by atoms with Gasteiger partial charge in [0.15, 0.2) is 0 Å². The molecule has 2 aliphatic rings. The summed E-state index contributed by atoms with van der Waals surface area (Å²) in [5.74, 6) is 1.03. The number of hydrogen-bond donors (Lipinski definition) is 0. The normalized spacial score (nSPS) is 19.1. The summed E-state index contributed by atoms with van der Waals surface area (Å²) in [6, 6.07) is 18.2. The molecule has 1 saturated heterocycles. The number of nitrogens with zero attached hydrogens (tertiary/aromatic N) is 1. The van der Waals surface area contributed by atoms with Crippen molar-refractivity contribution in [2.24, 2.45) is 5.92 Å². The first-order valence-corrected chi connectivity index (χ1v) is 11.3. The minimum Gasteiger partial charge on any atom is -0.378 e. The lowest BCUT2D eigenvalue weighted by atomic mass is 9.81. The zero-order valence-electron chi connectivity index (χ0n) is 17.4. The Balaban J connectivity index is 1.24. The molecule has 1 saturated carbocycles. The Kier molecular flexibility index (Phi) is 6.69. The van der Waals surface area contributed by atoms with Crippen LogP contribution >= 0.6 is 0 Å². The van der Waals surface area contributed by atoms with Gasteiger partial charge in [-0.2, -0.15) is 0 Å². The van der Waals surface area contributed by atoms with E-state index in [1.165, 1.54) is 80.3 Å². The average Bonchev–Trinajstić information content (AvgIpc) is 2.66. The molecule has 2 heteroatoms. The number of aryl methyl sites for hydroxylation is 2. The molecule has 1 atom stereocenters. The summed E-state index contributed by atoms with van der Waals surface area (Å²) in [4.78, 5) is 2.28. The van der Waals surface area contributed by atoms with Crippen molar-refractivity contribution >= 4 is 11.4 Å². The van der Waals surface area contributed by atoms with Crippen LogP contribution in [0.2, 0.25) is 0 Å². The highest BCUT2D eigenvalue weighted by molar-refractivity contribution is 5.62. The highest BCUT2D eigenvalue weighted by Gasteiger charge is 2.17. The van der Waals surface area contributed by atoms with Gasteiger partial charge in [-0.15, -0.1) is 0 Å². The summed E-state index contributed by atoms with van der Waals surface area (Å²) < 4.78 is 5.51. The maximum Gasteiger partial charge on any atom is 0.0597 e. The molecular weight excluding hydrogens is 342 g/mol. The Bertz CT molecular complexity index is 650. The largest absolute Gasteiger partial charge is 0.378 e. The van der Waals surface area contributed by atoms with Crippen molar-refractivity contribution in [3.63, 3.8) is 0 Å². The molecule has 1 heterocycles. The van der Waals surface area contributed by atoms with Crippen molar-refractivity contribution in [3.8, 4) is 0 Å². The first-order valence-electron chi connectivity index (χ1n) is 11.3. The summed E-state index contributed by atoms with van der Waals surface area (Å²) in [5.41, 5.74) is 5.42. The van der Waals surface area contributed by atoms with Crippen molar-refractivity contribution < 1.29 is 4.74 Å². The minimum absolute atomic E-state index is 0.534. The van der Waals surface area contributed by atoms with Gasteiger partial charge in [0.05, 0.1) is 6.10 Å². The third kappa shape index (κ3) is 5.17. The standard InChI is InChI=1S/C26H35NO/c1-27(24-15-11-22(12-16-24)8-3-7-21-5-2-6-21)25-17-13-23(14-18-25)9-4-10-26-19-20-28-26/h11-18,21,26H,2-10,19-20H2,1H3. The summed E-state index contributed by atoms with van der Waals surface area (Å²) in [5, 5.41) is 0. The first-order chi connectivity index (χ1) is 13.8. The number of rotatable bonds is 10. The molecular formula is C26H35NO. The average molecular weight is 378 g/mol. The molecule has 0 radical (unpaired) electrons. The SMILES string of the molecule is CN(c1ccc(CCCC2CCC2)cc1)c1ccc(CCCC2CCO2)cc1. The van der Waals surface area contributed by atoms with Crippen molar-refractivity contribution in [2.45, 2.75) is 70.3 Å². The van der Waals surface area contributed by atoms with Crippen LogP contribution in [0.1, 0.15) is 62.5 Å². The van der Waals surface area contributed by atoms with Crippen LogP contribution in [0.15, 0.2) is 48.5 Å². The van der Waals surface area contributed by atoms with Gasteiger partial charge in [-0.25, -0.2) is 0 Å². The quantitative estimate of drug-likeness (QED) is 0.457. The lowest BCUT2D eigenvalue weighted by Crippen LogP contribution is -2.26. The fourth-order valence-corrected chi connectivity index (χ4v) is 4.34. The number of ether oxygens (including phenoxy) is 1. The summed E-state index contributed by atoms with van der Waals surface area (Å²) >= 11 is 0. The molecule has 2 fully saturated rings. The predicted molar refractivity (Wildman–Crippen MR) is 119 cm³/mol. The second-order valence-electron chi connectivity index (χ2n) is 8.75. The van der Waals surface area contributed by atoms with E-state index in [2.05, 4.69) is 60.5 Å². The Morgan fingerprint density at radius 2 is 1.32 bits per heavy atom. The zero-order chi connectivity index (χ0) is 19.2. The molecule has 0 spiro atoms. The third-order valence-corrected chi connectivity index (χ3v) is 6.73. The molecule has 1 aliphatic heterocycles. The first kappa shape index (κ1) is 19.5. The third-order valence-electron chi connectivity index (χ3n) is 6.73. The lowest BCUT2D eigenvalue weighted by Gasteiger charge is -2.26. The van der Waals surface area contributed by atoms with E-state index in [9.17, 15) is 0 Å². The highest BCUT2D eigenvalue weighted by Crippen LogP contribution is 2.31. The Morgan fingerprint density at radius 3 is 1.75 bits per heavy atom. The van der Waals surface area contributed by atoms with Crippen LogP contribution in [0, 0.1) is 5.92 Å². The van der Waals surface area contributed by atoms with Crippen LogP contribution < -0.4 is 4.90 Å². The van der Waals surface area contributed by atoms with Crippen molar-refractivity contribution in [1.82, 2.24) is 0 Å². The van der Waals surface area contributed by atoms with Gasteiger partial charge in [0.1, 0.15) is 0 Å². The van der Waals surface area contributed by atoms with Gasteiger partial charge in [0.25, 0.3) is 0 Å². The van der Waals surface area contributed by atoms with Crippen LogP contribution in [0.25, 0.3) is 0 Å². The maximum absolute atomic E-state index is 5.51. The second kappa shape index (κ2) is 9.60. The van der Waals surface area contributed by atoms with Crippen molar-refractivity contribution in [1.29, 1.82) is 0 Å². The van der Waals surface area contributed by atoms with Crippen LogP contribution in [-0.4, -0.2) is 19.8 Å². The van der Waals surface area contributed by atoms with Gasteiger partial charge in [-0.05, 0) is 79.8 Å². The molecule has 150 valence electrons. The minimum atomic E-state index is 0.534. The smallest absolute Gasteiger partial charge is 0.0597 e. The van der Waals surface area contributed by atoms with Crippen LogP contribution in [0.4, 0.5) is 11.4 Å². The van der Waals surface area contributed by atoms with E-state index in [-0.39, 0.29) is 0 Å². The predicted octanol–water partition coefficient (Wildman–Crippen LogP) is 6.69. The fourth-order valence-electron chi connectivity index (χ4n) is 4.34. The van der Waals surface area contributed by atoms with E-state index in [0.717, 1.165) is 18.9 Å². The van der Waals surface area contributed by atoms with E-state index >= 15 is 0 Å². The Morgan fingerprint density at radius 1 is 0.786 bits per heavy atom. The molecule has 2 aromatic rings. The van der Waals surface area contributed by atoms with E-state index in [4.69, 9.17) is 4.74 Å². The number of benzene rings is 2. The van der Waals surface area contributed by atoms with Gasteiger partial charge in [-0.3, -0.25) is 0 Å². The van der Waals surface area contributed by atoms with Crippen molar-refractivity contribution in [2.75, 3.05) is 18.6 Å². The van der Waals surface area contributed by atoms with Gasteiger partial charge in [0, 0.05) is 25.0 Å².